The molecule has 4 amide bonds. The van der Waals surface area contributed by atoms with Gasteiger partial charge in [0.1, 0.15) is 5.75 Å². The van der Waals surface area contributed by atoms with Gasteiger partial charge < -0.3 is 9.72 Å². The number of rotatable bonds is 6. The topological polar surface area (TPSA) is 104 Å². The van der Waals surface area contributed by atoms with Crippen LogP contribution in [-0.4, -0.2) is 42.2 Å². The maximum atomic E-state index is 13.0. The van der Waals surface area contributed by atoms with Gasteiger partial charge in [-0.2, -0.15) is 0 Å². The van der Waals surface area contributed by atoms with Crippen molar-refractivity contribution in [1.29, 1.82) is 0 Å². The summed E-state index contributed by atoms with van der Waals surface area (Å²) < 4.78 is 5.11. The summed E-state index contributed by atoms with van der Waals surface area (Å²) >= 11 is 0. The maximum Gasteiger partial charge on any atom is 0.335 e. The first-order valence-electron chi connectivity index (χ1n) is 9.88. The highest BCUT2D eigenvalue weighted by Crippen LogP contribution is 2.24. The van der Waals surface area contributed by atoms with Gasteiger partial charge in [0.2, 0.25) is 5.91 Å². The van der Waals surface area contributed by atoms with Crippen molar-refractivity contribution in [3.63, 3.8) is 0 Å². The molecule has 8 heteroatoms. The first kappa shape index (κ1) is 20.3. The molecule has 0 bridgehead atoms. The van der Waals surface area contributed by atoms with Crippen LogP contribution < -0.4 is 15.0 Å². The third-order valence-corrected chi connectivity index (χ3v) is 5.33. The number of para-hydroxylation sites is 1. The number of benzene rings is 2. The number of anilines is 1. The lowest BCUT2D eigenvalue weighted by Gasteiger charge is -2.30. The average molecular weight is 418 g/mol. The highest BCUT2D eigenvalue weighted by Gasteiger charge is 2.42. The van der Waals surface area contributed by atoms with E-state index in [0.29, 0.717) is 30.1 Å². The van der Waals surface area contributed by atoms with Crippen molar-refractivity contribution in [3.05, 3.63) is 60.3 Å². The van der Waals surface area contributed by atoms with Gasteiger partial charge in [0, 0.05) is 29.4 Å². The lowest BCUT2D eigenvalue weighted by molar-refractivity contribution is -0.131. The Labute approximate surface area is 178 Å². The van der Waals surface area contributed by atoms with Crippen molar-refractivity contribution in [1.82, 2.24) is 10.3 Å². The number of aliphatic imine (C=N–C) groups is 1. The van der Waals surface area contributed by atoms with Crippen LogP contribution in [0.1, 0.15) is 12.5 Å². The van der Waals surface area contributed by atoms with Gasteiger partial charge >= 0.3 is 6.03 Å². The number of urea groups is 1. The highest BCUT2D eigenvalue weighted by atomic mass is 16.5. The predicted octanol–water partition coefficient (Wildman–Crippen LogP) is 3.08. The molecule has 2 aromatic carbocycles. The minimum atomic E-state index is -1.15. The fourth-order valence-corrected chi connectivity index (χ4v) is 3.70. The van der Waals surface area contributed by atoms with Gasteiger partial charge in [0.15, 0.2) is 5.92 Å². The second-order valence-corrected chi connectivity index (χ2v) is 7.23. The number of fused-ring (bicyclic) bond motifs is 1. The van der Waals surface area contributed by atoms with Gasteiger partial charge in [0.25, 0.3) is 5.91 Å². The smallest absolute Gasteiger partial charge is 0.335 e. The summed E-state index contributed by atoms with van der Waals surface area (Å²) in [6, 6.07) is 13.7. The molecule has 2 heterocycles. The number of hydrogen-bond donors (Lipinski definition) is 2. The van der Waals surface area contributed by atoms with E-state index in [1.807, 2.05) is 30.5 Å². The standard InChI is InChI=1S/C23H22N4O4/c1-14(24-12-11-15-13-25-19-6-4-3-5-18(15)19)20-21(28)26-23(30)27(22(20)29)16-7-9-17(31-2)10-8-16/h3-10,13,20,25H,11-12H2,1-2H3,(H,26,28,30). The maximum absolute atomic E-state index is 13.0. The monoisotopic (exact) mass is 418 g/mol. The van der Waals surface area contributed by atoms with Gasteiger partial charge in [-0.1, -0.05) is 18.2 Å². The van der Waals surface area contributed by atoms with Crippen LogP contribution in [0.4, 0.5) is 10.5 Å². The van der Waals surface area contributed by atoms with Crippen LogP contribution in [0.25, 0.3) is 10.9 Å². The van der Waals surface area contributed by atoms with E-state index in [1.165, 1.54) is 7.11 Å². The first-order chi connectivity index (χ1) is 15.0. The SMILES string of the molecule is COc1ccc(N2C(=O)NC(=O)C(C(C)=NCCc3c[nH]c4ccccc34)C2=O)cc1. The summed E-state index contributed by atoms with van der Waals surface area (Å²) in [5.74, 6) is -1.83. The van der Waals surface area contributed by atoms with Crippen molar-refractivity contribution in [2.24, 2.45) is 10.9 Å². The number of barbiturate groups is 1. The molecular formula is C23H22N4O4. The fraction of sp³-hybridized carbons (Fsp3) is 0.217. The number of aromatic amines is 1. The van der Waals surface area contributed by atoms with Crippen molar-refractivity contribution in [3.8, 4) is 5.75 Å². The summed E-state index contributed by atoms with van der Waals surface area (Å²) in [5, 5.41) is 3.38. The lowest BCUT2D eigenvalue weighted by Crippen LogP contribution is -2.60. The Morgan fingerprint density at radius 1 is 1.10 bits per heavy atom. The Bertz CT molecular complexity index is 1180. The zero-order valence-corrected chi connectivity index (χ0v) is 17.2. The molecule has 1 atom stereocenters. The number of nitrogens with one attached hydrogen (secondary N) is 2. The van der Waals surface area contributed by atoms with E-state index < -0.39 is 23.8 Å². The van der Waals surface area contributed by atoms with Crippen LogP contribution in [-0.2, 0) is 16.0 Å². The first-order valence-corrected chi connectivity index (χ1v) is 9.88. The second kappa shape index (κ2) is 8.43. The van der Waals surface area contributed by atoms with E-state index in [4.69, 9.17) is 4.74 Å². The van der Waals surface area contributed by atoms with Gasteiger partial charge in [0.05, 0.1) is 12.8 Å². The second-order valence-electron chi connectivity index (χ2n) is 7.23. The van der Waals surface area contributed by atoms with E-state index in [0.717, 1.165) is 21.4 Å². The molecule has 1 unspecified atom stereocenters. The fourth-order valence-electron chi connectivity index (χ4n) is 3.70. The number of H-pyrrole nitrogens is 1. The Kier molecular flexibility index (Phi) is 5.53. The molecule has 8 nitrogen and oxygen atoms in total. The Balaban J connectivity index is 1.51. The zero-order valence-electron chi connectivity index (χ0n) is 17.2. The molecule has 4 rings (SSSR count). The predicted molar refractivity (Wildman–Crippen MR) is 117 cm³/mol. The van der Waals surface area contributed by atoms with Crippen LogP contribution in [0.2, 0.25) is 0 Å². The van der Waals surface area contributed by atoms with E-state index in [2.05, 4.69) is 15.3 Å². The number of aromatic nitrogens is 1. The van der Waals surface area contributed by atoms with Gasteiger partial charge in [-0.3, -0.25) is 19.9 Å². The highest BCUT2D eigenvalue weighted by molar-refractivity contribution is 6.35. The third kappa shape index (κ3) is 3.92. The summed E-state index contributed by atoms with van der Waals surface area (Å²) in [6.07, 6.45) is 2.60. The number of methoxy groups -OCH3 is 1. The Hall–Kier alpha value is -3.94. The molecule has 1 fully saturated rings. The minimum Gasteiger partial charge on any atom is -0.497 e. The Morgan fingerprint density at radius 2 is 1.84 bits per heavy atom. The Morgan fingerprint density at radius 3 is 2.58 bits per heavy atom. The molecule has 0 radical (unpaired) electrons. The summed E-state index contributed by atoms with van der Waals surface area (Å²) in [5.41, 5.74) is 2.89. The van der Waals surface area contributed by atoms with Crippen LogP contribution in [0.15, 0.2) is 59.7 Å². The number of nitrogens with zero attached hydrogens (tertiary/aromatic N) is 2. The number of carbonyl (C=O) groups is 3. The van der Waals surface area contributed by atoms with Gasteiger partial charge in [-0.15, -0.1) is 0 Å². The molecule has 2 N–H and O–H groups in total. The number of carbonyl (C=O) groups excluding carboxylic acids is 3. The quantitative estimate of drug-likeness (QED) is 0.474. The van der Waals surface area contributed by atoms with Crippen molar-refractivity contribution in [2.45, 2.75) is 13.3 Å². The number of ether oxygens (including phenoxy) is 1. The molecule has 0 saturated carbocycles. The molecule has 3 aromatic rings. The van der Waals surface area contributed by atoms with E-state index in [9.17, 15) is 14.4 Å². The van der Waals surface area contributed by atoms with Crippen molar-refractivity contribution < 1.29 is 19.1 Å². The molecule has 0 spiro atoms. The lowest BCUT2D eigenvalue weighted by atomic mass is 9.99. The zero-order chi connectivity index (χ0) is 22.0. The van der Waals surface area contributed by atoms with Crippen LogP contribution >= 0.6 is 0 Å². The molecule has 1 saturated heterocycles. The molecule has 0 aliphatic carbocycles. The number of hydrogen-bond acceptors (Lipinski definition) is 5. The molecule has 158 valence electrons. The summed E-state index contributed by atoms with van der Waals surface area (Å²) in [6.45, 7) is 2.06. The van der Waals surface area contributed by atoms with E-state index in [1.54, 1.807) is 31.2 Å². The van der Waals surface area contributed by atoms with E-state index in [-0.39, 0.29) is 0 Å². The molecule has 31 heavy (non-hydrogen) atoms. The van der Waals surface area contributed by atoms with Crippen LogP contribution in [0, 0.1) is 5.92 Å². The minimum absolute atomic E-state index is 0.354. The van der Waals surface area contributed by atoms with Crippen molar-refractivity contribution >= 4 is 40.1 Å². The molecule has 1 aromatic heterocycles. The molecule has 1 aliphatic heterocycles. The third-order valence-electron chi connectivity index (χ3n) is 5.33. The van der Waals surface area contributed by atoms with Gasteiger partial charge in [-0.25, -0.2) is 9.69 Å². The summed E-state index contributed by atoms with van der Waals surface area (Å²) in [7, 11) is 1.53. The number of imide groups is 2. The van der Waals surface area contributed by atoms with Crippen LogP contribution in [0.5, 0.6) is 5.75 Å². The van der Waals surface area contributed by atoms with Crippen molar-refractivity contribution in [2.75, 3.05) is 18.6 Å². The summed E-state index contributed by atoms with van der Waals surface area (Å²) in [4.78, 5) is 46.4. The normalized spacial score (nSPS) is 17.2. The average Bonchev–Trinajstić information content (AvgIpc) is 3.17. The largest absolute Gasteiger partial charge is 0.497 e. The number of amides is 4. The van der Waals surface area contributed by atoms with E-state index >= 15 is 0 Å². The molecule has 1 aliphatic rings. The molecular weight excluding hydrogens is 396 g/mol. The van der Waals surface area contributed by atoms with Crippen LogP contribution in [0.3, 0.4) is 0 Å². The van der Waals surface area contributed by atoms with Gasteiger partial charge in [-0.05, 0) is 49.2 Å².